The molecule has 0 N–H and O–H groups in total. The van der Waals surface area contributed by atoms with Gasteiger partial charge in [-0.05, 0) is 23.4 Å². The predicted octanol–water partition coefficient (Wildman–Crippen LogP) is 4.35. The van der Waals surface area contributed by atoms with Gasteiger partial charge in [0, 0.05) is 11.8 Å². The molecule has 0 bridgehead atoms. The van der Waals surface area contributed by atoms with E-state index in [0.717, 1.165) is 21.9 Å². The van der Waals surface area contributed by atoms with Crippen LogP contribution in [0.3, 0.4) is 0 Å². The summed E-state index contributed by atoms with van der Waals surface area (Å²) in [6.07, 6.45) is 0. The Morgan fingerprint density at radius 3 is 2.35 bits per heavy atom. The quantitative estimate of drug-likeness (QED) is 0.761. The lowest BCUT2D eigenvalue weighted by molar-refractivity contribution is -0.116. The van der Waals surface area contributed by atoms with Gasteiger partial charge in [-0.2, -0.15) is 0 Å². The van der Waals surface area contributed by atoms with Gasteiger partial charge in [0.05, 0.1) is 12.2 Å². The molecular weight excluding hydrogens is 266 g/mol. The number of hydrogen-bond donors (Lipinski definition) is 0. The monoisotopic (exact) mass is 285 g/mol. The molecule has 0 atom stereocenters. The third kappa shape index (κ3) is 3.64. The Morgan fingerprint density at radius 2 is 1.70 bits per heavy atom. The van der Waals surface area contributed by atoms with Crippen LogP contribution in [0.25, 0.3) is 0 Å². The van der Waals surface area contributed by atoms with Gasteiger partial charge >= 0.3 is 0 Å². The molecule has 0 aliphatic carbocycles. The molecular formula is C17H19NOS. The molecule has 0 aliphatic rings. The van der Waals surface area contributed by atoms with E-state index in [2.05, 4.69) is 13.0 Å². The molecule has 0 radical (unpaired) electrons. The van der Waals surface area contributed by atoms with Gasteiger partial charge in [0.2, 0.25) is 5.91 Å². The van der Waals surface area contributed by atoms with Gasteiger partial charge < -0.3 is 4.90 Å². The fourth-order valence-electron chi connectivity index (χ4n) is 2.09. The highest BCUT2D eigenvalue weighted by Gasteiger charge is 2.15. The first-order valence-electron chi connectivity index (χ1n) is 6.76. The van der Waals surface area contributed by atoms with Gasteiger partial charge in [-0.25, -0.2) is 0 Å². The van der Waals surface area contributed by atoms with Gasteiger partial charge in [-0.15, -0.1) is 11.8 Å². The summed E-state index contributed by atoms with van der Waals surface area (Å²) in [5.41, 5.74) is 2.13. The molecule has 2 aromatic rings. The SMILES string of the molecule is CCSc1ccccc1N(Cc1ccccc1)C(C)=O. The summed E-state index contributed by atoms with van der Waals surface area (Å²) in [4.78, 5) is 15.0. The normalized spacial score (nSPS) is 10.3. The molecule has 0 spiro atoms. The Labute approximate surface area is 124 Å². The Morgan fingerprint density at radius 1 is 1.05 bits per heavy atom. The van der Waals surface area contributed by atoms with E-state index in [1.165, 1.54) is 0 Å². The first-order valence-corrected chi connectivity index (χ1v) is 7.74. The van der Waals surface area contributed by atoms with E-state index in [1.54, 1.807) is 18.7 Å². The maximum Gasteiger partial charge on any atom is 0.224 e. The van der Waals surface area contributed by atoms with Crippen molar-refractivity contribution in [2.75, 3.05) is 10.7 Å². The highest BCUT2D eigenvalue weighted by Crippen LogP contribution is 2.31. The summed E-state index contributed by atoms with van der Waals surface area (Å²) < 4.78 is 0. The molecule has 20 heavy (non-hydrogen) atoms. The molecule has 0 heterocycles. The number of carbonyl (C=O) groups excluding carboxylic acids is 1. The van der Waals surface area contributed by atoms with Gasteiger partial charge in [0.15, 0.2) is 0 Å². The predicted molar refractivity (Wildman–Crippen MR) is 86.1 cm³/mol. The van der Waals surface area contributed by atoms with E-state index in [9.17, 15) is 4.79 Å². The zero-order valence-corrected chi connectivity index (χ0v) is 12.7. The summed E-state index contributed by atoms with van der Waals surface area (Å²) in [7, 11) is 0. The first kappa shape index (κ1) is 14.7. The first-order chi connectivity index (χ1) is 9.72. The smallest absolute Gasteiger partial charge is 0.224 e. The number of para-hydroxylation sites is 1. The van der Waals surface area contributed by atoms with Crippen LogP contribution in [0.4, 0.5) is 5.69 Å². The van der Waals surface area contributed by atoms with Crippen LogP contribution in [0.1, 0.15) is 19.4 Å². The summed E-state index contributed by atoms with van der Waals surface area (Å²) in [5.74, 6) is 1.06. The fourth-order valence-corrected chi connectivity index (χ4v) is 2.90. The van der Waals surface area contributed by atoms with Crippen molar-refractivity contribution in [1.29, 1.82) is 0 Å². The van der Waals surface area contributed by atoms with E-state index in [0.29, 0.717) is 6.54 Å². The van der Waals surface area contributed by atoms with Crippen molar-refractivity contribution in [2.45, 2.75) is 25.3 Å². The van der Waals surface area contributed by atoms with Crippen molar-refractivity contribution in [2.24, 2.45) is 0 Å². The summed E-state index contributed by atoms with van der Waals surface area (Å²) >= 11 is 1.76. The molecule has 0 aromatic heterocycles. The maximum atomic E-state index is 12.0. The van der Waals surface area contributed by atoms with Crippen LogP contribution in [-0.2, 0) is 11.3 Å². The Hall–Kier alpha value is -1.74. The van der Waals surface area contributed by atoms with Gasteiger partial charge in [0.1, 0.15) is 0 Å². The van der Waals surface area contributed by atoms with E-state index in [1.807, 2.05) is 53.4 Å². The lowest BCUT2D eigenvalue weighted by Crippen LogP contribution is -2.28. The van der Waals surface area contributed by atoms with Gasteiger partial charge in [0.25, 0.3) is 0 Å². The van der Waals surface area contributed by atoms with Crippen molar-refractivity contribution in [3.05, 3.63) is 60.2 Å². The van der Waals surface area contributed by atoms with Crippen LogP contribution in [0.5, 0.6) is 0 Å². The second-order valence-electron chi connectivity index (χ2n) is 4.49. The van der Waals surface area contributed by atoms with E-state index < -0.39 is 0 Å². The van der Waals surface area contributed by atoms with Crippen molar-refractivity contribution < 1.29 is 4.79 Å². The third-order valence-electron chi connectivity index (χ3n) is 3.02. The number of hydrogen-bond acceptors (Lipinski definition) is 2. The van der Waals surface area contributed by atoms with Crippen LogP contribution < -0.4 is 4.90 Å². The molecule has 1 amide bonds. The highest BCUT2D eigenvalue weighted by atomic mass is 32.2. The Kier molecular flexibility index (Phi) is 5.24. The van der Waals surface area contributed by atoms with Crippen LogP contribution in [0.2, 0.25) is 0 Å². The molecule has 0 fully saturated rings. The number of thioether (sulfide) groups is 1. The van der Waals surface area contributed by atoms with E-state index >= 15 is 0 Å². The standard InChI is InChI=1S/C17H19NOS/c1-3-20-17-12-8-7-11-16(17)18(14(2)19)13-15-9-5-4-6-10-15/h4-12H,3,13H2,1-2H3. The van der Waals surface area contributed by atoms with Crippen molar-refractivity contribution in [3.8, 4) is 0 Å². The molecule has 0 saturated carbocycles. The molecule has 2 nitrogen and oxygen atoms in total. The topological polar surface area (TPSA) is 20.3 Å². The number of rotatable bonds is 5. The summed E-state index contributed by atoms with van der Waals surface area (Å²) in [6.45, 7) is 4.35. The van der Waals surface area contributed by atoms with E-state index in [4.69, 9.17) is 0 Å². The Balaban J connectivity index is 2.32. The van der Waals surface area contributed by atoms with Crippen LogP contribution in [0.15, 0.2) is 59.5 Å². The molecule has 0 unspecified atom stereocenters. The summed E-state index contributed by atoms with van der Waals surface area (Å²) in [5, 5.41) is 0. The minimum Gasteiger partial charge on any atom is -0.307 e. The lowest BCUT2D eigenvalue weighted by atomic mass is 10.2. The molecule has 3 heteroatoms. The number of anilines is 1. The fraction of sp³-hybridized carbons (Fsp3) is 0.235. The average Bonchev–Trinajstić information content (AvgIpc) is 2.47. The zero-order valence-electron chi connectivity index (χ0n) is 11.9. The number of amides is 1. The van der Waals surface area contributed by atoms with Crippen LogP contribution >= 0.6 is 11.8 Å². The highest BCUT2D eigenvalue weighted by molar-refractivity contribution is 7.99. The van der Waals surface area contributed by atoms with Crippen molar-refractivity contribution in [3.63, 3.8) is 0 Å². The molecule has 2 rings (SSSR count). The second-order valence-corrected chi connectivity index (χ2v) is 5.80. The molecule has 104 valence electrons. The zero-order chi connectivity index (χ0) is 14.4. The maximum absolute atomic E-state index is 12.0. The average molecular weight is 285 g/mol. The van der Waals surface area contributed by atoms with E-state index in [-0.39, 0.29) is 5.91 Å². The summed E-state index contributed by atoms with van der Waals surface area (Å²) in [6, 6.07) is 18.2. The molecule has 0 saturated heterocycles. The van der Waals surface area contributed by atoms with Crippen LogP contribution in [-0.4, -0.2) is 11.7 Å². The molecule has 0 aliphatic heterocycles. The largest absolute Gasteiger partial charge is 0.307 e. The van der Waals surface area contributed by atoms with Gasteiger partial charge in [-0.3, -0.25) is 4.79 Å². The van der Waals surface area contributed by atoms with Crippen molar-refractivity contribution in [1.82, 2.24) is 0 Å². The third-order valence-corrected chi connectivity index (χ3v) is 3.96. The molecule has 2 aromatic carbocycles. The van der Waals surface area contributed by atoms with Gasteiger partial charge in [-0.1, -0.05) is 49.4 Å². The number of benzene rings is 2. The minimum atomic E-state index is 0.0676. The van der Waals surface area contributed by atoms with Crippen molar-refractivity contribution >= 4 is 23.4 Å². The Bertz CT molecular complexity index is 568. The number of carbonyl (C=O) groups is 1. The lowest BCUT2D eigenvalue weighted by Gasteiger charge is -2.23. The second kappa shape index (κ2) is 7.15. The van der Waals surface area contributed by atoms with Crippen LogP contribution in [0, 0.1) is 0 Å². The number of nitrogens with zero attached hydrogens (tertiary/aromatic N) is 1. The minimum absolute atomic E-state index is 0.0676.